The van der Waals surface area contributed by atoms with E-state index < -0.39 is 0 Å². The fraction of sp³-hybridized carbons (Fsp3) is 0.381. The Morgan fingerprint density at radius 3 is 2.75 bits per heavy atom. The van der Waals surface area contributed by atoms with Crippen LogP contribution in [0.3, 0.4) is 0 Å². The van der Waals surface area contributed by atoms with Crippen LogP contribution in [0.2, 0.25) is 0 Å². The van der Waals surface area contributed by atoms with E-state index in [1.807, 2.05) is 24.3 Å². The highest BCUT2D eigenvalue weighted by molar-refractivity contribution is 7.71. The third-order valence-corrected chi connectivity index (χ3v) is 5.32. The number of nitrogens with one attached hydrogen (secondary N) is 1. The summed E-state index contributed by atoms with van der Waals surface area (Å²) in [5.41, 5.74) is 1.28. The van der Waals surface area contributed by atoms with Gasteiger partial charge in [-0.25, -0.2) is 5.10 Å². The van der Waals surface area contributed by atoms with Gasteiger partial charge in [-0.3, -0.25) is 0 Å². The topological polar surface area (TPSA) is 68.3 Å². The summed E-state index contributed by atoms with van der Waals surface area (Å²) < 4.78 is 13.7. The van der Waals surface area contributed by atoms with Gasteiger partial charge >= 0.3 is 0 Å². The number of benzene rings is 1. The van der Waals surface area contributed by atoms with Crippen LogP contribution in [-0.4, -0.2) is 21.1 Å². The lowest BCUT2D eigenvalue weighted by atomic mass is 10.0. The van der Waals surface area contributed by atoms with Crippen LogP contribution in [0.5, 0.6) is 5.75 Å². The third-order valence-electron chi connectivity index (χ3n) is 5.06. The van der Waals surface area contributed by atoms with Crippen molar-refractivity contribution < 1.29 is 9.15 Å². The molecule has 1 aliphatic carbocycles. The molecule has 1 N–H and O–H groups in total. The highest BCUT2D eigenvalue weighted by Gasteiger charge is 2.36. The third kappa shape index (κ3) is 4.09. The number of hydrogen-bond donors (Lipinski definition) is 1. The van der Waals surface area contributed by atoms with Gasteiger partial charge in [0.25, 0.3) is 0 Å². The quantitative estimate of drug-likeness (QED) is 0.438. The van der Waals surface area contributed by atoms with Crippen molar-refractivity contribution in [3.05, 3.63) is 64.1 Å². The predicted molar refractivity (Wildman–Crippen MR) is 110 cm³/mol. The van der Waals surface area contributed by atoms with E-state index in [0.717, 1.165) is 11.5 Å². The molecule has 2 heterocycles. The predicted octanol–water partition coefficient (Wildman–Crippen LogP) is 5.24. The van der Waals surface area contributed by atoms with E-state index in [1.54, 1.807) is 10.9 Å². The van der Waals surface area contributed by atoms with E-state index in [9.17, 15) is 0 Å². The Kier molecular flexibility index (Phi) is 5.17. The van der Waals surface area contributed by atoms with Gasteiger partial charge in [0.15, 0.2) is 5.82 Å². The minimum Gasteiger partial charge on any atom is -0.486 e. The minimum atomic E-state index is 0.258. The molecule has 2 aromatic heterocycles. The maximum absolute atomic E-state index is 5.86. The molecule has 1 aromatic carbocycles. The average molecular weight is 397 g/mol. The molecule has 6 nitrogen and oxygen atoms in total. The molecular formula is C21H24N4O2S. The second kappa shape index (κ2) is 7.75. The van der Waals surface area contributed by atoms with E-state index in [1.165, 1.54) is 12.0 Å². The lowest BCUT2D eigenvalue weighted by Gasteiger charge is -2.08. The molecule has 1 aliphatic rings. The van der Waals surface area contributed by atoms with Gasteiger partial charge < -0.3 is 9.15 Å². The first-order valence-corrected chi connectivity index (χ1v) is 9.95. The molecule has 146 valence electrons. The fourth-order valence-electron chi connectivity index (χ4n) is 3.10. The van der Waals surface area contributed by atoms with Gasteiger partial charge in [0.2, 0.25) is 4.77 Å². The van der Waals surface area contributed by atoms with Crippen molar-refractivity contribution in [3.63, 3.8) is 0 Å². The molecule has 0 amide bonds. The number of rotatable bonds is 7. The van der Waals surface area contributed by atoms with Crippen LogP contribution < -0.4 is 4.74 Å². The number of furan rings is 1. The Morgan fingerprint density at radius 2 is 2.07 bits per heavy atom. The first-order chi connectivity index (χ1) is 13.5. The number of aromatic nitrogens is 3. The summed E-state index contributed by atoms with van der Waals surface area (Å²) in [6, 6.07) is 12.0. The molecular weight excluding hydrogens is 372 g/mol. The Morgan fingerprint density at radius 1 is 1.32 bits per heavy atom. The number of nitrogens with zero attached hydrogens (tertiary/aromatic N) is 3. The highest BCUT2D eigenvalue weighted by Crippen LogP contribution is 2.47. The Bertz CT molecular complexity index is 1030. The average Bonchev–Trinajstić information content (AvgIpc) is 3.08. The summed E-state index contributed by atoms with van der Waals surface area (Å²) in [7, 11) is 0. The number of aromatic amines is 1. The first kappa shape index (κ1) is 18.7. The monoisotopic (exact) mass is 396 g/mol. The molecule has 0 spiro atoms. The molecule has 7 heteroatoms. The fourth-order valence-corrected chi connectivity index (χ4v) is 3.30. The van der Waals surface area contributed by atoms with E-state index in [0.29, 0.717) is 34.1 Å². The largest absolute Gasteiger partial charge is 0.486 e. The standard InChI is InChI=1S/C21H24N4O2S/c1-13(2)15-4-6-16(7-5-15)26-12-20-23-24-21(28)25(20)22-11-17-8-9-19(27-17)18-10-14(18)3/h4-9,11,13-14,18H,10,12H2,1-3H3,(H,24,28)/b22-11-/t14-,18-/m0/s1. The maximum Gasteiger partial charge on any atom is 0.216 e. The summed E-state index contributed by atoms with van der Waals surface area (Å²) in [6.07, 6.45) is 2.85. The van der Waals surface area contributed by atoms with Crippen molar-refractivity contribution in [1.82, 2.24) is 14.9 Å². The maximum atomic E-state index is 5.86. The summed E-state index contributed by atoms with van der Waals surface area (Å²) >= 11 is 5.28. The summed E-state index contributed by atoms with van der Waals surface area (Å²) in [6.45, 7) is 6.82. The van der Waals surface area contributed by atoms with Crippen molar-refractivity contribution >= 4 is 18.4 Å². The van der Waals surface area contributed by atoms with Crippen molar-refractivity contribution in [3.8, 4) is 5.75 Å². The van der Waals surface area contributed by atoms with E-state index in [4.69, 9.17) is 21.4 Å². The Labute approximate surface area is 169 Å². The summed E-state index contributed by atoms with van der Waals surface area (Å²) in [5.74, 6) is 4.84. The number of ether oxygens (including phenoxy) is 1. The lowest BCUT2D eigenvalue weighted by molar-refractivity contribution is 0.290. The van der Waals surface area contributed by atoms with Crippen LogP contribution in [-0.2, 0) is 6.61 Å². The molecule has 0 radical (unpaired) electrons. The zero-order valence-corrected chi connectivity index (χ0v) is 17.1. The molecule has 0 unspecified atom stereocenters. The van der Waals surface area contributed by atoms with Crippen LogP contribution in [0.25, 0.3) is 0 Å². The lowest BCUT2D eigenvalue weighted by Crippen LogP contribution is -2.04. The van der Waals surface area contributed by atoms with Crippen molar-refractivity contribution in [1.29, 1.82) is 0 Å². The smallest absolute Gasteiger partial charge is 0.216 e. The zero-order chi connectivity index (χ0) is 19.7. The Hall–Kier alpha value is -2.67. The highest BCUT2D eigenvalue weighted by atomic mass is 32.1. The van der Waals surface area contributed by atoms with Gasteiger partial charge in [-0.15, -0.1) is 0 Å². The van der Waals surface area contributed by atoms with Crippen molar-refractivity contribution in [2.24, 2.45) is 11.0 Å². The van der Waals surface area contributed by atoms with Crippen LogP contribution in [0.1, 0.15) is 61.9 Å². The molecule has 28 heavy (non-hydrogen) atoms. The Balaban J connectivity index is 1.43. The summed E-state index contributed by atoms with van der Waals surface area (Å²) in [5, 5.41) is 11.4. The van der Waals surface area contributed by atoms with Gasteiger partial charge in [-0.05, 0) is 60.3 Å². The SMILES string of the molecule is CC(C)c1ccc(OCc2n[nH]c(=S)n2/N=C\c2ccc([C@H]3C[C@@H]3C)o2)cc1. The van der Waals surface area contributed by atoms with Crippen molar-refractivity contribution in [2.75, 3.05) is 0 Å². The van der Waals surface area contributed by atoms with E-state index >= 15 is 0 Å². The molecule has 1 fully saturated rings. The first-order valence-electron chi connectivity index (χ1n) is 9.54. The van der Waals surface area contributed by atoms with Crippen LogP contribution in [0.15, 0.2) is 45.9 Å². The molecule has 3 aromatic rings. The molecule has 1 saturated carbocycles. The van der Waals surface area contributed by atoms with Crippen LogP contribution >= 0.6 is 12.2 Å². The minimum absolute atomic E-state index is 0.258. The molecule has 4 rings (SSSR count). The molecule has 0 aliphatic heterocycles. The summed E-state index contributed by atoms with van der Waals surface area (Å²) in [4.78, 5) is 0. The number of H-pyrrole nitrogens is 1. The normalized spacial score (nSPS) is 18.9. The van der Waals surface area contributed by atoms with Gasteiger partial charge in [0.05, 0.1) is 6.21 Å². The van der Waals surface area contributed by atoms with Crippen molar-refractivity contribution in [2.45, 2.75) is 45.6 Å². The van der Waals surface area contributed by atoms with E-state index in [-0.39, 0.29) is 6.61 Å². The zero-order valence-electron chi connectivity index (χ0n) is 16.3. The van der Waals surface area contributed by atoms with Gasteiger partial charge in [0.1, 0.15) is 23.9 Å². The molecule has 2 atom stereocenters. The number of hydrogen-bond acceptors (Lipinski definition) is 5. The second-order valence-electron chi connectivity index (χ2n) is 7.57. The van der Waals surface area contributed by atoms with Gasteiger partial charge in [0, 0.05) is 5.92 Å². The van der Waals surface area contributed by atoms with Gasteiger partial charge in [-0.2, -0.15) is 14.9 Å². The van der Waals surface area contributed by atoms with Crippen LogP contribution in [0.4, 0.5) is 0 Å². The molecule has 0 bridgehead atoms. The van der Waals surface area contributed by atoms with Gasteiger partial charge in [-0.1, -0.05) is 32.9 Å². The molecule has 0 saturated heterocycles. The van der Waals surface area contributed by atoms with E-state index in [2.05, 4.69) is 48.2 Å². The second-order valence-corrected chi connectivity index (χ2v) is 7.96. The van der Waals surface area contributed by atoms with Crippen LogP contribution in [0, 0.1) is 10.7 Å².